The van der Waals surface area contributed by atoms with Gasteiger partial charge >= 0.3 is 0 Å². The number of ether oxygens (including phenoxy) is 3. The average molecular weight is 282 g/mol. The minimum absolute atomic E-state index is 0.252. The van der Waals surface area contributed by atoms with Gasteiger partial charge in [0.1, 0.15) is 36.6 Å². The van der Waals surface area contributed by atoms with Crippen molar-refractivity contribution in [3.8, 4) is 0 Å². The van der Waals surface area contributed by atoms with Crippen LogP contribution in [-0.4, -0.2) is 93.1 Å². The predicted molar refractivity (Wildman–Crippen MR) is 56.6 cm³/mol. The van der Waals surface area contributed by atoms with Crippen molar-refractivity contribution in [2.75, 3.05) is 13.2 Å². The fraction of sp³-hybridized carbons (Fsp3) is 1.00. The molecule has 0 spiro atoms. The third-order valence-electron chi connectivity index (χ3n) is 3.20. The molecule has 2 aliphatic rings. The Hall–Kier alpha value is -0.360. The topological polar surface area (TPSA) is 149 Å². The largest absolute Gasteiger partial charge is 0.388 e. The van der Waals surface area contributed by atoms with Gasteiger partial charge in [-0.1, -0.05) is 0 Å². The van der Waals surface area contributed by atoms with Gasteiger partial charge in [0, 0.05) is 0 Å². The highest BCUT2D eigenvalue weighted by Crippen LogP contribution is 2.23. The predicted octanol–water partition coefficient (Wildman–Crippen LogP) is -4.12. The Kier molecular flexibility index (Phi) is 4.71. The van der Waals surface area contributed by atoms with Crippen LogP contribution in [0.4, 0.5) is 0 Å². The highest BCUT2D eigenvalue weighted by atomic mass is 16.7. The van der Waals surface area contributed by atoms with Crippen molar-refractivity contribution in [1.29, 1.82) is 0 Å². The zero-order chi connectivity index (χ0) is 14.2. The van der Waals surface area contributed by atoms with Crippen molar-refractivity contribution < 1.29 is 44.8 Å². The van der Waals surface area contributed by atoms with E-state index in [-0.39, 0.29) is 13.2 Å². The first kappa shape index (κ1) is 15.0. The Morgan fingerprint density at radius 3 is 2.00 bits per heavy atom. The van der Waals surface area contributed by atoms with Gasteiger partial charge in [-0.15, -0.1) is 0 Å². The maximum absolute atomic E-state index is 9.68. The Morgan fingerprint density at radius 1 is 0.737 bits per heavy atom. The Balaban J connectivity index is 1.99. The van der Waals surface area contributed by atoms with Gasteiger partial charge in [0.2, 0.25) is 0 Å². The molecule has 6 N–H and O–H groups in total. The Bertz CT molecular complexity index is 301. The summed E-state index contributed by atoms with van der Waals surface area (Å²) in [6.07, 6.45) is -11.2. The molecule has 2 heterocycles. The number of rotatable bonds is 2. The van der Waals surface area contributed by atoms with Crippen LogP contribution in [0.25, 0.3) is 0 Å². The van der Waals surface area contributed by atoms with E-state index in [0.717, 1.165) is 0 Å². The summed E-state index contributed by atoms with van der Waals surface area (Å²) in [4.78, 5) is 0. The smallest absolute Gasteiger partial charge is 0.186 e. The van der Waals surface area contributed by atoms with Crippen LogP contribution in [0.1, 0.15) is 0 Å². The first-order valence-corrected chi connectivity index (χ1v) is 5.89. The van der Waals surface area contributed by atoms with Gasteiger partial charge in [0.05, 0.1) is 13.2 Å². The van der Waals surface area contributed by atoms with Crippen molar-refractivity contribution in [3.05, 3.63) is 0 Å². The molecule has 2 aliphatic heterocycles. The summed E-state index contributed by atoms with van der Waals surface area (Å²) in [7, 11) is 0. The second-order valence-corrected chi connectivity index (χ2v) is 4.63. The van der Waals surface area contributed by atoms with Crippen LogP contribution in [0, 0.1) is 0 Å². The molecular formula is C10H18O9. The van der Waals surface area contributed by atoms with Crippen LogP contribution >= 0.6 is 0 Å². The average Bonchev–Trinajstić information content (AvgIpc) is 2.39. The fourth-order valence-electron chi connectivity index (χ4n) is 1.98. The fourth-order valence-corrected chi connectivity index (χ4v) is 1.98. The summed E-state index contributed by atoms with van der Waals surface area (Å²) >= 11 is 0. The number of aliphatic hydroxyl groups is 6. The second-order valence-electron chi connectivity index (χ2n) is 4.63. The summed E-state index contributed by atoms with van der Waals surface area (Å²) in [5.41, 5.74) is 0. The molecular weight excluding hydrogens is 264 g/mol. The van der Waals surface area contributed by atoms with E-state index in [2.05, 4.69) is 0 Å². The van der Waals surface area contributed by atoms with Crippen LogP contribution in [-0.2, 0) is 14.2 Å². The molecule has 2 rings (SSSR count). The molecule has 0 unspecified atom stereocenters. The van der Waals surface area contributed by atoms with E-state index in [4.69, 9.17) is 14.2 Å². The van der Waals surface area contributed by atoms with Gasteiger partial charge in [-0.05, 0) is 0 Å². The first-order valence-electron chi connectivity index (χ1n) is 5.89. The van der Waals surface area contributed by atoms with Gasteiger partial charge in [0.15, 0.2) is 12.6 Å². The van der Waals surface area contributed by atoms with E-state index in [1.165, 1.54) is 0 Å². The molecule has 0 amide bonds. The lowest BCUT2D eigenvalue weighted by molar-refractivity contribution is -0.336. The van der Waals surface area contributed by atoms with Crippen molar-refractivity contribution in [2.45, 2.75) is 49.2 Å². The number of hydrogen-bond acceptors (Lipinski definition) is 9. The van der Waals surface area contributed by atoms with Crippen molar-refractivity contribution in [2.24, 2.45) is 0 Å². The number of hydrogen-bond donors (Lipinski definition) is 6. The van der Waals surface area contributed by atoms with E-state index < -0.39 is 49.2 Å². The summed E-state index contributed by atoms with van der Waals surface area (Å²) in [6.45, 7) is -0.525. The SMILES string of the molecule is O[C@@H]1[C@@H](O)[C@H](O[C@@H]2[C@@H](O)[C@H](O)CO[C@@H]2O)OC[C@H]1O. The molecule has 9 nitrogen and oxygen atoms in total. The van der Waals surface area contributed by atoms with Gasteiger partial charge in [-0.3, -0.25) is 0 Å². The van der Waals surface area contributed by atoms with Crippen LogP contribution in [0.5, 0.6) is 0 Å². The molecule has 0 aromatic rings. The third-order valence-corrected chi connectivity index (χ3v) is 3.20. The zero-order valence-corrected chi connectivity index (χ0v) is 9.94. The van der Waals surface area contributed by atoms with Crippen molar-refractivity contribution in [3.63, 3.8) is 0 Å². The number of aliphatic hydroxyl groups excluding tert-OH is 6. The molecule has 0 radical (unpaired) electrons. The molecule has 9 heteroatoms. The lowest BCUT2D eigenvalue weighted by atomic mass is 10.0. The molecule has 0 bridgehead atoms. The minimum atomic E-state index is -1.55. The van der Waals surface area contributed by atoms with Gasteiger partial charge < -0.3 is 44.8 Å². The lowest BCUT2D eigenvalue weighted by Gasteiger charge is -2.41. The normalized spacial score (nSPS) is 52.1. The summed E-state index contributed by atoms with van der Waals surface area (Å²) in [5, 5.41) is 57.0. The zero-order valence-electron chi connectivity index (χ0n) is 9.94. The van der Waals surface area contributed by atoms with Crippen LogP contribution in [0.15, 0.2) is 0 Å². The molecule has 8 atom stereocenters. The monoisotopic (exact) mass is 282 g/mol. The molecule has 2 fully saturated rings. The standard InChI is InChI=1S/C10H18O9/c11-3-2-18-10(7(15)5(3)13)19-8-6(14)4(12)1-17-9(8)16/h3-16H,1-2H2/t3-,4-,5+,6+,7-,8-,9+,10+/m1/s1. The van der Waals surface area contributed by atoms with Gasteiger partial charge in [0.25, 0.3) is 0 Å². The summed E-state index contributed by atoms with van der Waals surface area (Å²) < 4.78 is 14.9. The van der Waals surface area contributed by atoms with E-state index in [0.29, 0.717) is 0 Å². The Labute approximate surface area is 108 Å². The van der Waals surface area contributed by atoms with E-state index in [1.807, 2.05) is 0 Å². The maximum atomic E-state index is 9.68. The van der Waals surface area contributed by atoms with Gasteiger partial charge in [-0.2, -0.15) is 0 Å². The van der Waals surface area contributed by atoms with Crippen molar-refractivity contribution >= 4 is 0 Å². The lowest BCUT2D eigenvalue weighted by Crippen LogP contribution is -2.60. The Morgan fingerprint density at radius 2 is 1.32 bits per heavy atom. The van der Waals surface area contributed by atoms with Crippen LogP contribution in [0.2, 0.25) is 0 Å². The first-order chi connectivity index (χ1) is 8.91. The highest BCUT2D eigenvalue weighted by Gasteiger charge is 2.45. The quantitative estimate of drug-likeness (QED) is 0.297. The molecule has 19 heavy (non-hydrogen) atoms. The van der Waals surface area contributed by atoms with Crippen LogP contribution < -0.4 is 0 Å². The molecule has 0 aliphatic carbocycles. The molecule has 112 valence electrons. The van der Waals surface area contributed by atoms with Crippen molar-refractivity contribution in [1.82, 2.24) is 0 Å². The minimum Gasteiger partial charge on any atom is -0.388 e. The van der Waals surface area contributed by atoms with E-state index in [1.54, 1.807) is 0 Å². The maximum Gasteiger partial charge on any atom is 0.186 e. The summed E-state index contributed by atoms with van der Waals surface area (Å²) in [6, 6.07) is 0. The highest BCUT2D eigenvalue weighted by molar-refractivity contribution is 4.87. The van der Waals surface area contributed by atoms with Gasteiger partial charge in [-0.25, -0.2) is 0 Å². The van der Waals surface area contributed by atoms with E-state index >= 15 is 0 Å². The molecule has 2 saturated heterocycles. The van der Waals surface area contributed by atoms with E-state index in [9.17, 15) is 30.6 Å². The molecule has 0 saturated carbocycles. The van der Waals surface area contributed by atoms with Crippen LogP contribution in [0.3, 0.4) is 0 Å². The third kappa shape index (κ3) is 3.05. The molecule has 0 aromatic heterocycles. The summed E-state index contributed by atoms with van der Waals surface area (Å²) in [5.74, 6) is 0. The second kappa shape index (κ2) is 5.95. The molecule has 0 aromatic carbocycles.